The Morgan fingerprint density at radius 3 is 2.83 bits per heavy atom. The molecule has 0 atom stereocenters. The number of aromatic nitrogens is 2. The van der Waals surface area contributed by atoms with Gasteiger partial charge in [0.25, 0.3) is 0 Å². The molecule has 3 aromatic rings. The van der Waals surface area contributed by atoms with E-state index in [1.54, 1.807) is 19.2 Å². The van der Waals surface area contributed by atoms with Gasteiger partial charge in [0.15, 0.2) is 0 Å². The minimum Gasteiger partial charge on any atom is -0.497 e. The molecule has 1 saturated heterocycles. The highest BCUT2D eigenvalue weighted by Crippen LogP contribution is 2.28. The first-order valence-corrected chi connectivity index (χ1v) is 8.83. The average Bonchev–Trinajstić information content (AvgIpc) is 3.31. The van der Waals surface area contributed by atoms with Crippen LogP contribution in [0.3, 0.4) is 0 Å². The van der Waals surface area contributed by atoms with Crippen LogP contribution in [0.1, 0.15) is 28.9 Å². The number of rotatable bonds is 4. The zero-order valence-corrected chi connectivity index (χ0v) is 14.2. The van der Waals surface area contributed by atoms with Gasteiger partial charge in [0.05, 0.1) is 17.3 Å². The Labute approximate surface area is 143 Å². The van der Waals surface area contributed by atoms with E-state index < -0.39 is 0 Å². The number of anilines is 1. The van der Waals surface area contributed by atoms with Gasteiger partial charge in [-0.1, -0.05) is 12.1 Å². The number of methoxy groups -OCH3 is 1. The number of fused-ring (bicyclic) bond motifs is 1. The number of thiophene rings is 1. The molecule has 1 fully saturated rings. The molecule has 24 heavy (non-hydrogen) atoms. The predicted molar refractivity (Wildman–Crippen MR) is 95.3 cm³/mol. The Kier molecular flexibility index (Phi) is 3.90. The van der Waals surface area contributed by atoms with Gasteiger partial charge in [-0.05, 0) is 36.4 Å². The molecule has 0 spiro atoms. The van der Waals surface area contributed by atoms with Crippen LogP contribution in [0.4, 0.5) is 5.95 Å². The summed E-state index contributed by atoms with van der Waals surface area (Å²) in [6.45, 7) is 1.89. The van der Waals surface area contributed by atoms with Gasteiger partial charge in [-0.25, -0.2) is 9.97 Å². The second kappa shape index (κ2) is 6.20. The van der Waals surface area contributed by atoms with Crippen molar-refractivity contribution >= 4 is 33.3 Å². The van der Waals surface area contributed by atoms with Gasteiger partial charge in [-0.3, -0.25) is 4.79 Å². The Morgan fingerprint density at radius 1 is 1.21 bits per heavy atom. The lowest BCUT2D eigenvalue weighted by Crippen LogP contribution is -2.21. The largest absolute Gasteiger partial charge is 0.497 e. The molecule has 0 unspecified atom stereocenters. The molecule has 0 N–H and O–H groups in total. The van der Waals surface area contributed by atoms with E-state index >= 15 is 0 Å². The molecular weight excluding hydrogens is 322 g/mol. The molecule has 3 heterocycles. The highest BCUT2D eigenvalue weighted by molar-refractivity contribution is 7.17. The van der Waals surface area contributed by atoms with Crippen LogP contribution in [0.2, 0.25) is 0 Å². The van der Waals surface area contributed by atoms with Crippen LogP contribution in [0.15, 0.2) is 35.7 Å². The van der Waals surface area contributed by atoms with E-state index in [0.717, 1.165) is 36.1 Å². The first-order valence-electron chi connectivity index (χ1n) is 7.95. The van der Waals surface area contributed by atoms with Crippen molar-refractivity contribution < 1.29 is 9.53 Å². The van der Waals surface area contributed by atoms with Crippen molar-refractivity contribution in [1.82, 2.24) is 9.97 Å². The van der Waals surface area contributed by atoms with Gasteiger partial charge in [0.1, 0.15) is 11.4 Å². The van der Waals surface area contributed by atoms with Crippen molar-refractivity contribution in [3.8, 4) is 5.75 Å². The Balaban J connectivity index is 1.81. The van der Waals surface area contributed by atoms with Gasteiger partial charge in [-0.2, -0.15) is 0 Å². The monoisotopic (exact) mass is 339 g/mol. The summed E-state index contributed by atoms with van der Waals surface area (Å²) < 4.78 is 6.07. The molecule has 4 rings (SSSR count). The van der Waals surface area contributed by atoms with Gasteiger partial charge < -0.3 is 9.64 Å². The molecule has 0 amide bonds. The Hall–Kier alpha value is -2.47. The number of carbonyl (C=O) groups is 1. The molecule has 1 aliphatic rings. The lowest BCUT2D eigenvalue weighted by atomic mass is 10.1. The maximum Gasteiger partial charge on any atom is 0.226 e. The maximum atomic E-state index is 13.0. The molecule has 2 aromatic heterocycles. The lowest BCUT2D eigenvalue weighted by molar-refractivity contribution is 0.103. The summed E-state index contributed by atoms with van der Waals surface area (Å²) in [5, 5.41) is 1.95. The molecular formula is C18H17N3O2S. The topological polar surface area (TPSA) is 55.3 Å². The minimum atomic E-state index is -0.0933. The van der Waals surface area contributed by atoms with E-state index in [0.29, 0.717) is 23.0 Å². The van der Waals surface area contributed by atoms with E-state index in [1.165, 1.54) is 11.3 Å². The second-order valence-corrected chi connectivity index (χ2v) is 6.68. The third-order valence-corrected chi connectivity index (χ3v) is 5.14. The third kappa shape index (κ3) is 2.63. The normalized spacial score (nSPS) is 14.3. The van der Waals surface area contributed by atoms with Crippen LogP contribution in [0.5, 0.6) is 5.75 Å². The highest BCUT2D eigenvalue weighted by atomic mass is 32.1. The zero-order valence-electron chi connectivity index (χ0n) is 13.4. The van der Waals surface area contributed by atoms with Crippen LogP contribution < -0.4 is 9.64 Å². The van der Waals surface area contributed by atoms with Crippen LogP contribution >= 0.6 is 11.3 Å². The van der Waals surface area contributed by atoms with Gasteiger partial charge in [0, 0.05) is 18.7 Å². The van der Waals surface area contributed by atoms with Crippen molar-refractivity contribution in [2.24, 2.45) is 0 Å². The van der Waals surface area contributed by atoms with Crippen molar-refractivity contribution in [1.29, 1.82) is 0 Å². The molecule has 5 nitrogen and oxygen atoms in total. The molecule has 122 valence electrons. The maximum absolute atomic E-state index is 13.0. The lowest BCUT2D eigenvalue weighted by Gasteiger charge is -2.16. The minimum absolute atomic E-state index is 0.0933. The van der Waals surface area contributed by atoms with Crippen molar-refractivity contribution in [2.75, 3.05) is 25.1 Å². The Morgan fingerprint density at radius 2 is 2.04 bits per heavy atom. The summed E-state index contributed by atoms with van der Waals surface area (Å²) in [6.07, 6.45) is 2.29. The summed E-state index contributed by atoms with van der Waals surface area (Å²) in [5.41, 5.74) is 1.89. The molecule has 0 radical (unpaired) electrons. The number of carbonyl (C=O) groups excluding carboxylic acids is 1. The van der Waals surface area contributed by atoms with Crippen molar-refractivity contribution in [3.63, 3.8) is 0 Å². The van der Waals surface area contributed by atoms with E-state index in [2.05, 4.69) is 14.9 Å². The second-order valence-electron chi connectivity index (χ2n) is 5.76. The van der Waals surface area contributed by atoms with Crippen LogP contribution in [-0.4, -0.2) is 36.0 Å². The number of benzene rings is 1. The van der Waals surface area contributed by atoms with Crippen LogP contribution in [0.25, 0.3) is 10.2 Å². The SMILES string of the molecule is COc1cccc(C(=O)c2nc(N3CCCC3)nc3ccsc23)c1. The molecule has 0 saturated carbocycles. The van der Waals surface area contributed by atoms with Crippen LogP contribution in [0, 0.1) is 0 Å². The van der Waals surface area contributed by atoms with Gasteiger partial charge >= 0.3 is 0 Å². The summed E-state index contributed by atoms with van der Waals surface area (Å²) in [7, 11) is 1.59. The third-order valence-electron chi connectivity index (χ3n) is 4.23. The molecule has 0 aliphatic carbocycles. The standard InChI is InChI=1S/C18H17N3O2S/c1-23-13-6-4-5-12(11-13)16(22)15-17-14(7-10-24-17)19-18(20-15)21-8-2-3-9-21/h4-7,10-11H,2-3,8-9H2,1H3. The van der Waals surface area contributed by atoms with Gasteiger partial charge in [-0.15, -0.1) is 11.3 Å². The Bertz CT molecular complexity index is 900. The molecule has 0 bridgehead atoms. The van der Waals surface area contributed by atoms with Crippen molar-refractivity contribution in [2.45, 2.75) is 12.8 Å². The number of nitrogens with zero attached hydrogens (tertiary/aromatic N) is 3. The molecule has 1 aliphatic heterocycles. The first-order chi connectivity index (χ1) is 11.8. The average molecular weight is 339 g/mol. The van der Waals surface area contributed by atoms with E-state index in [4.69, 9.17) is 4.74 Å². The summed E-state index contributed by atoms with van der Waals surface area (Å²) in [6, 6.07) is 9.14. The quantitative estimate of drug-likeness (QED) is 0.681. The number of hydrogen-bond donors (Lipinski definition) is 0. The summed E-state index contributed by atoms with van der Waals surface area (Å²) >= 11 is 1.50. The predicted octanol–water partition coefficient (Wildman–Crippen LogP) is 3.53. The highest BCUT2D eigenvalue weighted by Gasteiger charge is 2.22. The zero-order chi connectivity index (χ0) is 16.5. The van der Waals surface area contributed by atoms with Gasteiger partial charge in [0.2, 0.25) is 11.7 Å². The number of hydrogen-bond acceptors (Lipinski definition) is 6. The fraction of sp³-hybridized carbons (Fsp3) is 0.278. The van der Waals surface area contributed by atoms with Crippen LogP contribution in [-0.2, 0) is 0 Å². The summed E-state index contributed by atoms with van der Waals surface area (Å²) in [4.78, 5) is 24.4. The van der Waals surface area contributed by atoms with E-state index in [9.17, 15) is 4.79 Å². The molecule has 6 heteroatoms. The smallest absolute Gasteiger partial charge is 0.226 e. The number of ketones is 1. The van der Waals surface area contributed by atoms with E-state index in [-0.39, 0.29) is 5.78 Å². The fourth-order valence-corrected chi connectivity index (χ4v) is 3.78. The first kappa shape index (κ1) is 15.1. The molecule has 1 aromatic carbocycles. The number of ether oxygens (including phenoxy) is 1. The van der Waals surface area contributed by atoms with E-state index in [1.807, 2.05) is 23.6 Å². The summed E-state index contributed by atoms with van der Waals surface area (Å²) in [5.74, 6) is 1.23. The fourth-order valence-electron chi connectivity index (χ4n) is 2.96. The van der Waals surface area contributed by atoms with Crippen molar-refractivity contribution in [3.05, 3.63) is 47.0 Å².